The Hall–Kier alpha value is -1.62. The largest absolute Gasteiger partial charge is 0.465 e. The predicted octanol–water partition coefficient (Wildman–Crippen LogP) is 1.27. The lowest BCUT2D eigenvalue weighted by Gasteiger charge is -2.11. The number of carbonyl (C=O) groups excluding carboxylic acids is 1. The number of esters is 1. The summed E-state index contributed by atoms with van der Waals surface area (Å²) in [4.78, 5) is 11.5. The van der Waals surface area contributed by atoms with Crippen molar-refractivity contribution in [1.82, 2.24) is 0 Å². The van der Waals surface area contributed by atoms with Crippen molar-refractivity contribution in [3.8, 4) is 0 Å². The van der Waals surface area contributed by atoms with Crippen molar-refractivity contribution < 1.29 is 17.9 Å². The van der Waals surface area contributed by atoms with Gasteiger partial charge >= 0.3 is 5.97 Å². The monoisotopic (exact) mass is 238 g/mol. The molecule has 1 aliphatic heterocycles. The molecule has 1 heterocycles. The zero-order valence-corrected chi connectivity index (χ0v) is 9.45. The third kappa shape index (κ3) is 1.74. The first-order valence-corrected chi connectivity index (χ1v) is 6.31. The molecule has 4 nitrogen and oxygen atoms in total. The van der Waals surface area contributed by atoms with Crippen LogP contribution in [0.5, 0.6) is 0 Å². The van der Waals surface area contributed by atoms with Gasteiger partial charge in [0.2, 0.25) is 0 Å². The minimum atomic E-state index is -3.30. The third-order valence-electron chi connectivity index (χ3n) is 2.38. The summed E-state index contributed by atoms with van der Waals surface area (Å²) in [5.74, 6) is -0.558. The summed E-state index contributed by atoms with van der Waals surface area (Å²) in [6.45, 7) is 0. The summed E-state index contributed by atoms with van der Waals surface area (Å²) in [6.07, 6.45) is 3.33. The Kier molecular flexibility index (Phi) is 2.55. The predicted molar refractivity (Wildman–Crippen MR) is 58.9 cm³/mol. The number of ether oxygens (including phenoxy) is 1. The molecule has 16 heavy (non-hydrogen) atoms. The highest BCUT2D eigenvalue weighted by atomic mass is 32.2. The highest BCUT2D eigenvalue weighted by molar-refractivity contribution is 7.91. The number of methoxy groups -OCH3 is 1. The molecule has 0 unspecified atom stereocenters. The van der Waals surface area contributed by atoms with E-state index < -0.39 is 15.8 Å². The van der Waals surface area contributed by atoms with Crippen LogP contribution in [0.25, 0.3) is 6.08 Å². The summed E-state index contributed by atoms with van der Waals surface area (Å²) in [5.41, 5.74) is 0.860. The number of rotatable bonds is 1. The second-order valence-corrected chi connectivity index (χ2v) is 5.43. The molecule has 0 N–H and O–H groups in total. The zero-order valence-electron chi connectivity index (χ0n) is 8.64. The number of fused-ring (bicyclic) bond motifs is 1. The average Bonchev–Trinajstić information content (AvgIpc) is 2.27. The second kappa shape index (κ2) is 3.75. The van der Waals surface area contributed by atoms with Crippen LogP contribution < -0.4 is 0 Å². The normalized spacial score (nSPS) is 16.6. The Labute approximate surface area is 93.5 Å². The van der Waals surface area contributed by atoms with Crippen molar-refractivity contribution in [3.05, 3.63) is 35.4 Å². The molecule has 1 aromatic carbocycles. The zero-order chi connectivity index (χ0) is 11.8. The van der Waals surface area contributed by atoms with Crippen LogP contribution in [0.3, 0.4) is 0 Å². The summed E-state index contributed by atoms with van der Waals surface area (Å²) in [5, 5.41) is 0. The molecule has 84 valence electrons. The van der Waals surface area contributed by atoms with Crippen molar-refractivity contribution in [2.45, 2.75) is 4.90 Å². The molecule has 0 spiro atoms. The topological polar surface area (TPSA) is 60.4 Å². The number of hydrogen-bond donors (Lipinski definition) is 0. The summed E-state index contributed by atoms with van der Waals surface area (Å²) >= 11 is 0. The van der Waals surface area contributed by atoms with Crippen molar-refractivity contribution in [2.24, 2.45) is 0 Å². The molecule has 1 aliphatic rings. The number of sulfone groups is 1. The standard InChI is InChI=1S/C11H10O4S/c1-15-11(12)9-5-4-8-3-2-6-16(13,14)10(8)7-9/h2-5,7H,6H2,1H3. The van der Waals surface area contributed by atoms with Gasteiger partial charge in [0, 0.05) is 0 Å². The van der Waals surface area contributed by atoms with E-state index in [0.29, 0.717) is 5.56 Å². The molecule has 0 atom stereocenters. The molecule has 0 fully saturated rings. The lowest BCUT2D eigenvalue weighted by atomic mass is 10.1. The molecular formula is C11H10O4S. The van der Waals surface area contributed by atoms with Crippen LogP contribution in [0.1, 0.15) is 15.9 Å². The van der Waals surface area contributed by atoms with Crippen LogP contribution in [0.15, 0.2) is 29.2 Å². The molecule has 1 aromatic rings. The summed E-state index contributed by atoms with van der Waals surface area (Å²) < 4.78 is 28.0. The second-order valence-electron chi connectivity index (χ2n) is 3.43. The molecule has 0 saturated carbocycles. The van der Waals surface area contributed by atoms with Gasteiger partial charge in [0.15, 0.2) is 9.84 Å². The Bertz CT molecular complexity index is 570. The highest BCUT2D eigenvalue weighted by Gasteiger charge is 2.21. The quantitative estimate of drug-likeness (QED) is 0.691. The van der Waals surface area contributed by atoms with E-state index in [1.165, 1.54) is 13.2 Å². The first-order chi connectivity index (χ1) is 7.54. The van der Waals surface area contributed by atoms with Gasteiger partial charge in [0.1, 0.15) is 0 Å². The first-order valence-electron chi connectivity index (χ1n) is 4.66. The minimum absolute atomic E-state index is 0.0232. The Morgan fingerprint density at radius 2 is 2.12 bits per heavy atom. The van der Waals surface area contributed by atoms with Gasteiger partial charge in [-0.15, -0.1) is 0 Å². The highest BCUT2D eigenvalue weighted by Crippen LogP contribution is 2.24. The van der Waals surface area contributed by atoms with Crippen LogP contribution in [-0.4, -0.2) is 27.2 Å². The third-order valence-corrected chi connectivity index (χ3v) is 4.04. The van der Waals surface area contributed by atoms with E-state index in [1.807, 2.05) is 0 Å². The van der Waals surface area contributed by atoms with Crippen LogP contribution in [-0.2, 0) is 14.6 Å². The molecule has 0 saturated heterocycles. The van der Waals surface area contributed by atoms with E-state index in [0.717, 1.165) is 0 Å². The maximum Gasteiger partial charge on any atom is 0.337 e. The van der Waals surface area contributed by atoms with E-state index in [1.54, 1.807) is 24.3 Å². The molecule has 0 radical (unpaired) electrons. The van der Waals surface area contributed by atoms with Gasteiger partial charge < -0.3 is 4.74 Å². The average molecular weight is 238 g/mol. The smallest absolute Gasteiger partial charge is 0.337 e. The molecule has 0 aromatic heterocycles. The number of hydrogen-bond acceptors (Lipinski definition) is 4. The summed E-state index contributed by atoms with van der Waals surface area (Å²) in [7, 11) is -2.04. The fourth-order valence-corrected chi connectivity index (χ4v) is 2.91. The van der Waals surface area contributed by atoms with Gasteiger partial charge in [0.25, 0.3) is 0 Å². The van der Waals surface area contributed by atoms with Crippen molar-refractivity contribution >= 4 is 21.9 Å². The molecule has 0 aliphatic carbocycles. The minimum Gasteiger partial charge on any atom is -0.465 e. The molecule has 2 rings (SSSR count). The molecule has 0 amide bonds. The number of carbonyl (C=O) groups is 1. The van der Waals surface area contributed by atoms with Gasteiger partial charge in [-0.2, -0.15) is 0 Å². The van der Waals surface area contributed by atoms with Gasteiger partial charge in [-0.05, 0) is 17.7 Å². The van der Waals surface area contributed by atoms with E-state index in [-0.39, 0.29) is 16.2 Å². The molecule has 0 bridgehead atoms. The molecule has 5 heteroatoms. The van der Waals surface area contributed by atoms with Crippen molar-refractivity contribution in [3.63, 3.8) is 0 Å². The van der Waals surface area contributed by atoms with E-state index in [4.69, 9.17) is 0 Å². The van der Waals surface area contributed by atoms with Crippen LogP contribution in [0, 0.1) is 0 Å². The Morgan fingerprint density at radius 3 is 2.81 bits per heavy atom. The maximum absolute atomic E-state index is 11.7. The van der Waals surface area contributed by atoms with Crippen LogP contribution >= 0.6 is 0 Å². The van der Waals surface area contributed by atoms with Crippen LogP contribution in [0.4, 0.5) is 0 Å². The SMILES string of the molecule is COC(=O)c1ccc2c(c1)S(=O)(=O)CC=C2. The Morgan fingerprint density at radius 1 is 1.38 bits per heavy atom. The fourth-order valence-electron chi connectivity index (χ4n) is 1.58. The first kappa shape index (κ1) is 10.9. The van der Waals surface area contributed by atoms with Crippen molar-refractivity contribution in [2.75, 3.05) is 12.9 Å². The Balaban J connectivity index is 2.61. The lowest BCUT2D eigenvalue weighted by molar-refractivity contribution is 0.0600. The van der Waals surface area contributed by atoms with Crippen LogP contribution in [0.2, 0.25) is 0 Å². The molecular weight excluding hydrogens is 228 g/mol. The maximum atomic E-state index is 11.7. The van der Waals surface area contributed by atoms with Gasteiger partial charge in [0.05, 0.1) is 23.3 Å². The summed E-state index contributed by atoms with van der Waals surface area (Å²) in [6, 6.07) is 4.52. The van der Waals surface area contributed by atoms with Gasteiger partial charge in [-0.1, -0.05) is 18.2 Å². The van der Waals surface area contributed by atoms with Gasteiger partial charge in [-0.3, -0.25) is 0 Å². The lowest BCUT2D eigenvalue weighted by Crippen LogP contribution is -2.12. The van der Waals surface area contributed by atoms with Gasteiger partial charge in [-0.25, -0.2) is 13.2 Å². The van der Waals surface area contributed by atoms with Crippen molar-refractivity contribution in [1.29, 1.82) is 0 Å². The van der Waals surface area contributed by atoms with E-state index in [2.05, 4.69) is 4.74 Å². The fraction of sp³-hybridized carbons (Fsp3) is 0.182. The van der Waals surface area contributed by atoms with E-state index >= 15 is 0 Å². The number of benzene rings is 1. The van der Waals surface area contributed by atoms with E-state index in [9.17, 15) is 13.2 Å².